The molecule has 2 heterocycles. The van der Waals surface area contributed by atoms with Crippen molar-refractivity contribution in [2.24, 2.45) is 0 Å². The Bertz CT molecular complexity index is 1180. The molecule has 0 saturated heterocycles. The predicted molar refractivity (Wildman–Crippen MR) is 121 cm³/mol. The molecular formula is C24H24ClN3O3. The molecule has 1 N–H and O–H groups in total. The summed E-state index contributed by atoms with van der Waals surface area (Å²) in [6, 6.07) is 16.7. The highest BCUT2D eigenvalue weighted by atomic mass is 35.5. The van der Waals surface area contributed by atoms with Gasteiger partial charge >= 0.3 is 0 Å². The third-order valence-electron chi connectivity index (χ3n) is 5.09. The molecule has 7 heteroatoms. The van der Waals surface area contributed by atoms with E-state index in [1.54, 1.807) is 12.1 Å². The van der Waals surface area contributed by atoms with Crippen molar-refractivity contribution in [3.05, 3.63) is 83.0 Å². The van der Waals surface area contributed by atoms with Crippen molar-refractivity contribution in [1.82, 2.24) is 14.9 Å². The molecule has 31 heavy (non-hydrogen) atoms. The van der Waals surface area contributed by atoms with Gasteiger partial charge in [0.2, 0.25) is 0 Å². The van der Waals surface area contributed by atoms with Gasteiger partial charge < -0.3 is 19.0 Å². The SMILES string of the molecule is Cc1cc(OCCCn2c([C@H](C)NC(=O)c3ccco3)nc3ccccc32)ccc1Cl. The first-order valence-corrected chi connectivity index (χ1v) is 10.6. The first-order valence-electron chi connectivity index (χ1n) is 10.2. The zero-order valence-electron chi connectivity index (χ0n) is 17.5. The van der Waals surface area contributed by atoms with Gasteiger partial charge in [0, 0.05) is 11.6 Å². The maximum atomic E-state index is 12.4. The molecule has 0 saturated carbocycles. The fourth-order valence-electron chi connectivity index (χ4n) is 3.52. The minimum Gasteiger partial charge on any atom is -0.494 e. The van der Waals surface area contributed by atoms with Gasteiger partial charge in [-0.1, -0.05) is 23.7 Å². The van der Waals surface area contributed by atoms with Gasteiger partial charge in [0.15, 0.2) is 5.76 Å². The lowest BCUT2D eigenvalue weighted by molar-refractivity contribution is 0.0909. The van der Waals surface area contributed by atoms with Crippen LogP contribution in [0.1, 0.15) is 41.3 Å². The summed E-state index contributed by atoms with van der Waals surface area (Å²) in [5.41, 5.74) is 2.91. The summed E-state index contributed by atoms with van der Waals surface area (Å²) < 4.78 is 13.2. The highest BCUT2D eigenvalue weighted by Crippen LogP contribution is 2.23. The molecule has 0 bridgehead atoms. The Hall–Kier alpha value is -3.25. The standard InChI is InChI=1S/C24H24ClN3O3/c1-16-15-18(10-11-19(16)25)30-14-6-12-28-21-8-4-3-7-20(21)27-23(28)17(2)26-24(29)22-9-5-13-31-22/h3-5,7-11,13,15,17H,6,12,14H2,1-2H3,(H,26,29)/t17-/m0/s1. The van der Waals surface area contributed by atoms with E-state index in [0.29, 0.717) is 13.2 Å². The average Bonchev–Trinajstić information content (AvgIpc) is 3.42. The number of halogens is 1. The summed E-state index contributed by atoms with van der Waals surface area (Å²) >= 11 is 6.08. The molecule has 1 atom stereocenters. The molecular weight excluding hydrogens is 414 g/mol. The normalized spacial score (nSPS) is 12.1. The first kappa shape index (κ1) is 21.0. The largest absolute Gasteiger partial charge is 0.494 e. The summed E-state index contributed by atoms with van der Waals surface area (Å²) in [4.78, 5) is 17.2. The van der Waals surface area contributed by atoms with Crippen LogP contribution in [0.4, 0.5) is 0 Å². The topological polar surface area (TPSA) is 69.3 Å². The number of benzene rings is 2. The van der Waals surface area contributed by atoms with Crippen LogP contribution in [0, 0.1) is 6.92 Å². The predicted octanol–water partition coefficient (Wildman–Crippen LogP) is 5.55. The van der Waals surface area contributed by atoms with Crippen LogP contribution < -0.4 is 10.1 Å². The molecule has 0 spiro atoms. The Morgan fingerprint density at radius 1 is 1.23 bits per heavy atom. The van der Waals surface area contributed by atoms with E-state index in [4.69, 9.17) is 25.7 Å². The van der Waals surface area contributed by atoms with Crippen LogP contribution in [-0.4, -0.2) is 22.1 Å². The molecule has 0 unspecified atom stereocenters. The van der Waals surface area contributed by atoms with E-state index in [1.807, 2.05) is 56.3 Å². The van der Waals surface area contributed by atoms with Crippen molar-refractivity contribution in [3.63, 3.8) is 0 Å². The molecule has 4 rings (SSSR count). The molecule has 0 aliphatic heterocycles. The first-order chi connectivity index (χ1) is 15.0. The number of para-hydroxylation sites is 2. The summed E-state index contributed by atoms with van der Waals surface area (Å²) in [5.74, 6) is 1.61. The summed E-state index contributed by atoms with van der Waals surface area (Å²) in [7, 11) is 0. The Morgan fingerprint density at radius 2 is 2.06 bits per heavy atom. The highest BCUT2D eigenvalue weighted by molar-refractivity contribution is 6.31. The van der Waals surface area contributed by atoms with Crippen molar-refractivity contribution in [1.29, 1.82) is 0 Å². The molecule has 0 fully saturated rings. The number of ether oxygens (including phenoxy) is 1. The van der Waals surface area contributed by atoms with Gasteiger partial charge in [-0.2, -0.15) is 0 Å². The number of nitrogens with zero attached hydrogens (tertiary/aromatic N) is 2. The van der Waals surface area contributed by atoms with Crippen molar-refractivity contribution in [2.45, 2.75) is 32.9 Å². The zero-order valence-corrected chi connectivity index (χ0v) is 18.2. The second-order valence-electron chi connectivity index (χ2n) is 7.40. The van der Waals surface area contributed by atoms with E-state index in [0.717, 1.165) is 39.6 Å². The van der Waals surface area contributed by atoms with Gasteiger partial charge in [0.25, 0.3) is 5.91 Å². The van der Waals surface area contributed by atoms with E-state index in [-0.39, 0.29) is 17.7 Å². The number of aryl methyl sites for hydroxylation is 2. The fourth-order valence-corrected chi connectivity index (χ4v) is 3.64. The molecule has 4 aromatic rings. The van der Waals surface area contributed by atoms with Crippen LogP contribution >= 0.6 is 11.6 Å². The zero-order chi connectivity index (χ0) is 21.8. The third kappa shape index (κ3) is 4.75. The Kier molecular flexibility index (Phi) is 6.28. The summed E-state index contributed by atoms with van der Waals surface area (Å²) in [6.45, 7) is 5.15. The molecule has 160 valence electrons. The van der Waals surface area contributed by atoms with Crippen LogP contribution in [0.2, 0.25) is 5.02 Å². The number of aromatic nitrogens is 2. The summed E-state index contributed by atoms with van der Waals surface area (Å²) in [6.07, 6.45) is 2.27. The minimum atomic E-state index is -0.287. The fraction of sp³-hybridized carbons (Fsp3) is 0.250. The van der Waals surface area contributed by atoms with Crippen molar-refractivity contribution < 1.29 is 13.9 Å². The van der Waals surface area contributed by atoms with Gasteiger partial charge in [0.05, 0.1) is 29.9 Å². The van der Waals surface area contributed by atoms with E-state index < -0.39 is 0 Å². The van der Waals surface area contributed by atoms with Gasteiger partial charge in [-0.05, 0) is 68.3 Å². The molecule has 1 amide bonds. The molecule has 6 nitrogen and oxygen atoms in total. The van der Waals surface area contributed by atoms with E-state index in [1.165, 1.54) is 6.26 Å². The Morgan fingerprint density at radius 3 is 2.84 bits per heavy atom. The van der Waals surface area contributed by atoms with Crippen LogP contribution in [0.3, 0.4) is 0 Å². The van der Waals surface area contributed by atoms with Crippen LogP contribution in [-0.2, 0) is 6.54 Å². The van der Waals surface area contributed by atoms with Crippen molar-refractivity contribution in [3.8, 4) is 5.75 Å². The number of furan rings is 1. The van der Waals surface area contributed by atoms with Crippen LogP contribution in [0.15, 0.2) is 65.3 Å². The van der Waals surface area contributed by atoms with Gasteiger partial charge in [-0.15, -0.1) is 0 Å². The molecule has 2 aromatic heterocycles. The van der Waals surface area contributed by atoms with Crippen molar-refractivity contribution in [2.75, 3.05) is 6.61 Å². The lowest BCUT2D eigenvalue weighted by atomic mass is 10.2. The van der Waals surface area contributed by atoms with Crippen LogP contribution in [0.5, 0.6) is 5.75 Å². The molecule has 0 aliphatic carbocycles. The highest BCUT2D eigenvalue weighted by Gasteiger charge is 2.20. The lowest BCUT2D eigenvalue weighted by Gasteiger charge is -2.16. The van der Waals surface area contributed by atoms with E-state index in [2.05, 4.69) is 9.88 Å². The molecule has 0 aliphatic rings. The monoisotopic (exact) mass is 437 g/mol. The van der Waals surface area contributed by atoms with Gasteiger partial charge in [0.1, 0.15) is 11.6 Å². The lowest BCUT2D eigenvalue weighted by Crippen LogP contribution is -2.28. The molecule has 0 radical (unpaired) electrons. The number of nitrogens with one attached hydrogen (secondary N) is 1. The number of hydrogen-bond acceptors (Lipinski definition) is 4. The maximum absolute atomic E-state index is 12.4. The second-order valence-corrected chi connectivity index (χ2v) is 7.80. The quantitative estimate of drug-likeness (QED) is 0.367. The van der Waals surface area contributed by atoms with Gasteiger partial charge in [-0.3, -0.25) is 4.79 Å². The number of hydrogen-bond donors (Lipinski definition) is 1. The number of carbonyl (C=O) groups is 1. The number of imidazole rings is 1. The Balaban J connectivity index is 1.47. The average molecular weight is 438 g/mol. The third-order valence-corrected chi connectivity index (χ3v) is 5.51. The molecule has 2 aromatic carbocycles. The maximum Gasteiger partial charge on any atom is 0.287 e. The van der Waals surface area contributed by atoms with E-state index >= 15 is 0 Å². The number of amides is 1. The number of rotatable bonds is 8. The number of fused-ring (bicyclic) bond motifs is 1. The number of carbonyl (C=O) groups excluding carboxylic acids is 1. The summed E-state index contributed by atoms with van der Waals surface area (Å²) in [5, 5.41) is 3.70. The van der Waals surface area contributed by atoms with Gasteiger partial charge in [-0.25, -0.2) is 4.98 Å². The Labute approximate surface area is 185 Å². The van der Waals surface area contributed by atoms with Crippen molar-refractivity contribution >= 4 is 28.5 Å². The van der Waals surface area contributed by atoms with Crippen LogP contribution in [0.25, 0.3) is 11.0 Å². The second kappa shape index (κ2) is 9.27. The minimum absolute atomic E-state index is 0.266. The van der Waals surface area contributed by atoms with E-state index in [9.17, 15) is 4.79 Å². The smallest absolute Gasteiger partial charge is 0.287 e.